The molecule has 0 bridgehead atoms. The maximum absolute atomic E-state index is 6.11. The number of oxazole rings is 1. The Labute approximate surface area is 193 Å². The predicted molar refractivity (Wildman–Crippen MR) is 129 cm³/mol. The van der Waals surface area contributed by atoms with Crippen LogP contribution in [0.5, 0.6) is 11.5 Å². The minimum Gasteiger partial charge on any atom is -0.493 e. The van der Waals surface area contributed by atoms with Crippen LogP contribution in [-0.2, 0) is 13.0 Å². The SMILES string of the molecule is COc1cc2c(cc1OCc1ccccc1)CCNC2/C=C/c1ccc(-c2ncco2)cc1. The van der Waals surface area contributed by atoms with E-state index in [-0.39, 0.29) is 6.04 Å². The van der Waals surface area contributed by atoms with Gasteiger partial charge in [0, 0.05) is 12.1 Å². The molecule has 1 unspecified atom stereocenters. The number of fused-ring (bicyclic) bond motifs is 1. The molecule has 166 valence electrons. The van der Waals surface area contributed by atoms with Crippen LogP contribution < -0.4 is 14.8 Å². The third kappa shape index (κ3) is 4.83. The minimum absolute atomic E-state index is 0.109. The topological polar surface area (TPSA) is 56.5 Å². The second-order valence-electron chi connectivity index (χ2n) is 7.98. The van der Waals surface area contributed by atoms with Crippen molar-refractivity contribution in [2.75, 3.05) is 13.7 Å². The first kappa shape index (κ1) is 21.0. The molecule has 33 heavy (non-hydrogen) atoms. The summed E-state index contributed by atoms with van der Waals surface area (Å²) in [5.74, 6) is 2.17. The zero-order chi connectivity index (χ0) is 22.5. The van der Waals surface area contributed by atoms with Gasteiger partial charge >= 0.3 is 0 Å². The fourth-order valence-electron chi connectivity index (χ4n) is 4.09. The van der Waals surface area contributed by atoms with Gasteiger partial charge in [0.05, 0.1) is 19.3 Å². The molecular weight excluding hydrogens is 412 g/mol. The number of hydrogen-bond donors (Lipinski definition) is 1. The smallest absolute Gasteiger partial charge is 0.225 e. The molecule has 3 aromatic carbocycles. The van der Waals surface area contributed by atoms with Crippen molar-refractivity contribution in [2.45, 2.75) is 19.1 Å². The monoisotopic (exact) mass is 438 g/mol. The Morgan fingerprint density at radius 2 is 1.91 bits per heavy atom. The van der Waals surface area contributed by atoms with Crippen molar-refractivity contribution in [3.05, 3.63) is 108 Å². The van der Waals surface area contributed by atoms with Crippen LogP contribution in [0.1, 0.15) is 28.3 Å². The van der Waals surface area contributed by atoms with Crippen LogP contribution in [0.25, 0.3) is 17.5 Å². The van der Waals surface area contributed by atoms with Crippen molar-refractivity contribution in [1.29, 1.82) is 0 Å². The van der Waals surface area contributed by atoms with E-state index >= 15 is 0 Å². The lowest BCUT2D eigenvalue weighted by molar-refractivity contribution is 0.283. The van der Waals surface area contributed by atoms with Gasteiger partial charge in [0.15, 0.2) is 11.5 Å². The van der Waals surface area contributed by atoms with Crippen LogP contribution in [-0.4, -0.2) is 18.6 Å². The Bertz CT molecular complexity index is 1220. The van der Waals surface area contributed by atoms with Crippen LogP contribution >= 0.6 is 0 Å². The highest BCUT2D eigenvalue weighted by atomic mass is 16.5. The summed E-state index contributed by atoms with van der Waals surface area (Å²) in [7, 11) is 1.69. The molecule has 5 rings (SSSR count). The first-order valence-corrected chi connectivity index (χ1v) is 11.1. The summed E-state index contributed by atoms with van der Waals surface area (Å²) in [5.41, 5.74) is 5.72. The number of rotatable bonds is 7. The van der Waals surface area contributed by atoms with Gasteiger partial charge in [0.1, 0.15) is 12.9 Å². The van der Waals surface area contributed by atoms with Crippen molar-refractivity contribution in [2.24, 2.45) is 0 Å². The third-order valence-corrected chi connectivity index (χ3v) is 5.83. The highest BCUT2D eigenvalue weighted by Gasteiger charge is 2.21. The van der Waals surface area contributed by atoms with E-state index in [0.29, 0.717) is 12.5 Å². The average molecular weight is 439 g/mol. The van der Waals surface area contributed by atoms with Gasteiger partial charge in [-0.1, -0.05) is 54.6 Å². The second kappa shape index (κ2) is 9.76. The molecule has 0 fully saturated rings. The van der Waals surface area contributed by atoms with E-state index in [1.165, 1.54) is 11.1 Å². The Morgan fingerprint density at radius 3 is 2.67 bits per heavy atom. The van der Waals surface area contributed by atoms with E-state index in [9.17, 15) is 0 Å². The van der Waals surface area contributed by atoms with Gasteiger partial charge in [-0.15, -0.1) is 0 Å². The number of nitrogens with zero attached hydrogens (tertiary/aromatic N) is 1. The van der Waals surface area contributed by atoms with Crippen LogP contribution in [0, 0.1) is 0 Å². The zero-order valence-corrected chi connectivity index (χ0v) is 18.5. The molecule has 5 heteroatoms. The molecule has 0 amide bonds. The first-order chi connectivity index (χ1) is 16.3. The molecule has 1 aromatic heterocycles. The van der Waals surface area contributed by atoms with E-state index in [1.807, 2.05) is 30.3 Å². The quantitative estimate of drug-likeness (QED) is 0.393. The number of ether oxygens (including phenoxy) is 2. The van der Waals surface area contributed by atoms with Crippen molar-refractivity contribution in [3.63, 3.8) is 0 Å². The Balaban J connectivity index is 1.34. The first-order valence-electron chi connectivity index (χ1n) is 11.1. The summed E-state index contributed by atoms with van der Waals surface area (Å²) in [6.07, 6.45) is 8.53. The van der Waals surface area contributed by atoms with Crippen LogP contribution in [0.3, 0.4) is 0 Å². The lowest BCUT2D eigenvalue weighted by Gasteiger charge is -2.26. The zero-order valence-electron chi connectivity index (χ0n) is 18.5. The summed E-state index contributed by atoms with van der Waals surface area (Å²) < 4.78 is 17.1. The van der Waals surface area contributed by atoms with Crippen molar-refractivity contribution in [3.8, 4) is 23.0 Å². The molecule has 4 aromatic rings. The molecule has 2 heterocycles. The van der Waals surface area contributed by atoms with Crippen LogP contribution in [0.15, 0.2) is 89.7 Å². The highest BCUT2D eigenvalue weighted by molar-refractivity contribution is 5.60. The maximum atomic E-state index is 6.11. The van der Waals surface area contributed by atoms with Gasteiger partial charge in [-0.3, -0.25) is 0 Å². The Kier molecular flexibility index (Phi) is 6.22. The molecular formula is C28H26N2O3. The van der Waals surface area contributed by atoms with E-state index in [1.54, 1.807) is 19.6 Å². The molecule has 1 N–H and O–H groups in total. The average Bonchev–Trinajstić information content (AvgIpc) is 3.41. The summed E-state index contributed by atoms with van der Waals surface area (Å²) in [6.45, 7) is 1.43. The number of methoxy groups -OCH3 is 1. The molecule has 1 atom stereocenters. The maximum Gasteiger partial charge on any atom is 0.225 e. The van der Waals surface area contributed by atoms with Gasteiger partial charge in [0.2, 0.25) is 5.89 Å². The Morgan fingerprint density at radius 1 is 1.06 bits per heavy atom. The molecule has 0 spiro atoms. The fourth-order valence-corrected chi connectivity index (χ4v) is 4.09. The van der Waals surface area contributed by atoms with E-state index < -0.39 is 0 Å². The number of nitrogens with one attached hydrogen (secondary N) is 1. The molecule has 0 saturated heterocycles. The molecule has 0 saturated carbocycles. The van der Waals surface area contributed by atoms with Crippen molar-refractivity contribution < 1.29 is 13.9 Å². The lowest BCUT2D eigenvalue weighted by Crippen LogP contribution is -2.28. The summed E-state index contributed by atoms with van der Waals surface area (Å²) in [5, 5.41) is 3.60. The highest BCUT2D eigenvalue weighted by Crippen LogP contribution is 2.36. The van der Waals surface area contributed by atoms with Gasteiger partial charge in [-0.25, -0.2) is 4.98 Å². The van der Waals surface area contributed by atoms with Gasteiger partial charge in [-0.05, 0) is 52.9 Å². The van der Waals surface area contributed by atoms with E-state index in [4.69, 9.17) is 13.9 Å². The second-order valence-corrected chi connectivity index (χ2v) is 7.98. The van der Waals surface area contributed by atoms with E-state index in [2.05, 4.69) is 58.9 Å². The predicted octanol–water partition coefficient (Wildman–Crippen LogP) is 5.83. The fraction of sp³-hybridized carbons (Fsp3) is 0.179. The van der Waals surface area contributed by atoms with E-state index in [0.717, 1.165) is 41.2 Å². The van der Waals surface area contributed by atoms with Gasteiger partial charge in [0.25, 0.3) is 0 Å². The molecule has 0 radical (unpaired) electrons. The lowest BCUT2D eigenvalue weighted by atomic mass is 9.93. The number of benzene rings is 3. The molecule has 0 aliphatic carbocycles. The Hall–Kier alpha value is -3.83. The molecule has 1 aliphatic heterocycles. The van der Waals surface area contributed by atoms with Crippen LogP contribution in [0.2, 0.25) is 0 Å². The number of aromatic nitrogens is 1. The molecule has 1 aliphatic rings. The van der Waals surface area contributed by atoms with Crippen LogP contribution in [0.4, 0.5) is 0 Å². The largest absolute Gasteiger partial charge is 0.493 e. The van der Waals surface area contributed by atoms with Gasteiger partial charge in [-0.2, -0.15) is 0 Å². The van der Waals surface area contributed by atoms with Crippen molar-refractivity contribution in [1.82, 2.24) is 10.3 Å². The van der Waals surface area contributed by atoms with Crippen molar-refractivity contribution >= 4 is 6.08 Å². The normalized spacial score (nSPS) is 15.4. The standard InChI is InChI=1S/C28H26N2O3/c1-31-26-18-24-23(17-27(26)33-19-21-5-3-2-4-6-21)13-14-29-25(24)12-9-20-7-10-22(11-8-20)28-30-15-16-32-28/h2-12,15-18,25,29H,13-14,19H2,1H3/b12-9+. The summed E-state index contributed by atoms with van der Waals surface area (Å²) in [6, 6.07) is 22.7. The van der Waals surface area contributed by atoms with Gasteiger partial charge < -0.3 is 19.2 Å². The summed E-state index contributed by atoms with van der Waals surface area (Å²) >= 11 is 0. The third-order valence-electron chi connectivity index (χ3n) is 5.83. The number of hydrogen-bond acceptors (Lipinski definition) is 5. The molecule has 5 nitrogen and oxygen atoms in total. The minimum atomic E-state index is 0.109. The summed E-state index contributed by atoms with van der Waals surface area (Å²) in [4.78, 5) is 4.20.